The predicted molar refractivity (Wildman–Crippen MR) is 196 cm³/mol. The molecule has 0 unspecified atom stereocenters. The zero-order chi connectivity index (χ0) is 38.1. The smallest absolute Gasteiger partial charge is 0.344 e. The Bertz CT molecular complexity index is 1800. The number of phenols is 2. The third-order valence-corrected chi connectivity index (χ3v) is 9.85. The van der Waals surface area contributed by atoms with Gasteiger partial charge in [0.2, 0.25) is 0 Å². The van der Waals surface area contributed by atoms with E-state index in [-0.39, 0.29) is 22.6 Å². The molecule has 1 aliphatic heterocycles. The van der Waals surface area contributed by atoms with Gasteiger partial charge in [0, 0.05) is 43.9 Å². The van der Waals surface area contributed by atoms with Gasteiger partial charge < -0.3 is 40.4 Å². The van der Waals surface area contributed by atoms with E-state index >= 15 is 0 Å². The zero-order valence-corrected chi connectivity index (χ0v) is 31.2. The first-order chi connectivity index (χ1) is 24.5. The first-order valence-corrected chi connectivity index (χ1v) is 20.6. The second-order valence-electron chi connectivity index (χ2n) is 13.3. The Labute approximate surface area is 303 Å². The van der Waals surface area contributed by atoms with Gasteiger partial charge in [0.15, 0.2) is 0 Å². The van der Waals surface area contributed by atoms with Gasteiger partial charge in [0.25, 0.3) is 11.8 Å². The molecule has 1 aliphatic rings. The third kappa shape index (κ3) is 13.1. The SMILES string of the molecule is Cc1cc(CN2CCCN(Cc3ccccc3)CCN(Cc3cc(C)cc(C(=O)NCP(=O)(O)O)c3O)CCC2)c(O)c(C(=O)NCP(=O)(O)O)c1. The first-order valence-electron chi connectivity index (χ1n) is 17.0. The van der Waals surface area contributed by atoms with Crippen LogP contribution < -0.4 is 10.6 Å². The van der Waals surface area contributed by atoms with Crippen LogP contribution in [0.3, 0.4) is 0 Å². The summed E-state index contributed by atoms with van der Waals surface area (Å²) >= 11 is 0. The molecule has 0 spiro atoms. The Morgan fingerprint density at radius 1 is 0.615 bits per heavy atom. The fraction of sp³-hybridized carbons (Fsp3) is 0.429. The van der Waals surface area contributed by atoms with Crippen LogP contribution in [0, 0.1) is 13.8 Å². The van der Waals surface area contributed by atoms with Crippen LogP contribution in [-0.2, 0) is 28.8 Å². The monoisotopic (exact) mass is 761 g/mol. The molecule has 3 aromatic rings. The maximum atomic E-state index is 12.8. The molecule has 0 atom stereocenters. The van der Waals surface area contributed by atoms with Crippen LogP contribution in [0.15, 0.2) is 54.6 Å². The third-order valence-electron chi connectivity index (χ3n) is 8.71. The fourth-order valence-electron chi connectivity index (χ4n) is 6.29. The number of carbonyl (C=O) groups excluding carboxylic acids is 2. The molecule has 1 fully saturated rings. The number of hydrogen-bond donors (Lipinski definition) is 8. The van der Waals surface area contributed by atoms with Crippen molar-refractivity contribution < 1.29 is 48.5 Å². The minimum atomic E-state index is -4.50. The number of rotatable bonds is 12. The van der Waals surface area contributed by atoms with Crippen LogP contribution in [0.5, 0.6) is 11.5 Å². The number of nitrogens with zero attached hydrogens (tertiary/aromatic N) is 3. The minimum absolute atomic E-state index is 0.0609. The lowest BCUT2D eigenvalue weighted by atomic mass is 10.0. The highest BCUT2D eigenvalue weighted by atomic mass is 31.2. The average molecular weight is 762 g/mol. The van der Waals surface area contributed by atoms with E-state index in [0.29, 0.717) is 67.9 Å². The number of hydrogen-bond acceptors (Lipinski definition) is 9. The molecule has 0 aromatic heterocycles. The molecule has 0 saturated carbocycles. The van der Waals surface area contributed by atoms with E-state index in [0.717, 1.165) is 31.6 Å². The van der Waals surface area contributed by atoms with E-state index in [9.17, 15) is 48.5 Å². The molecule has 0 radical (unpaired) electrons. The van der Waals surface area contributed by atoms with E-state index in [1.165, 1.54) is 12.1 Å². The molecule has 1 saturated heterocycles. The fourth-order valence-corrected chi connectivity index (χ4v) is 6.99. The van der Waals surface area contributed by atoms with E-state index < -0.39 is 39.6 Å². The molecule has 0 bridgehead atoms. The van der Waals surface area contributed by atoms with Crippen LogP contribution in [0.2, 0.25) is 0 Å². The van der Waals surface area contributed by atoms with Crippen LogP contribution in [0.4, 0.5) is 0 Å². The van der Waals surface area contributed by atoms with Crippen LogP contribution in [-0.4, -0.2) is 108 Å². The average Bonchev–Trinajstić information content (AvgIpc) is 3.10. The van der Waals surface area contributed by atoms with Gasteiger partial charge in [-0.05, 0) is 81.7 Å². The number of amides is 2. The summed E-state index contributed by atoms with van der Waals surface area (Å²) in [7, 11) is -8.99. The van der Waals surface area contributed by atoms with Crippen LogP contribution >= 0.6 is 15.2 Å². The lowest BCUT2D eigenvalue weighted by Gasteiger charge is -2.28. The number of aryl methyl sites for hydroxylation is 2. The van der Waals surface area contributed by atoms with Crippen molar-refractivity contribution in [1.29, 1.82) is 0 Å². The molecule has 4 rings (SSSR count). The summed E-state index contributed by atoms with van der Waals surface area (Å²) in [5.74, 6) is -2.06. The predicted octanol–water partition coefficient (Wildman–Crippen LogP) is 3.04. The molecule has 284 valence electrons. The van der Waals surface area contributed by atoms with Crippen molar-refractivity contribution in [1.82, 2.24) is 25.3 Å². The van der Waals surface area contributed by atoms with E-state index in [1.807, 2.05) is 18.2 Å². The van der Waals surface area contributed by atoms with Crippen LogP contribution in [0.25, 0.3) is 0 Å². The van der Waals surface area contributed by atoms with Gasteiger partial charge in [0.1, 0.15) is 24.1 Å². The van der Waals surface area contributed by atoms with E-state index in [4.69, 9.17) is 0 Å². The largest absolute Gasteiger partial charge is 0.507 e. The highest BCUT2D eigenvalue weighted by molar-refractivity contribution is 7.52. The zero-order valence-electron chi connectivity index (χ0n) is 29.4. The molecule has 8 N–H and O–H groups in total. The molecular formula is C35H49N5O10P2. The highest BCUT2D eigenvalue weighted by Gasteiger charge is 2.23. The Morgan fingerprint density at radius 2 is 1.00 bits per heavy atom. The molecule has 15 nitrogen and oxygen atoms in total. The van der Waals surface area contributed by atoms with Gasteiger partial charge in [-0.1, -0.05) is 42.5 Å². The van der Waals surface area contributed by atoms with Crippen LogP contribution in [0.1, 0.15) is 61.4 Å². The van der Waals surface area contributed by atoms with Gasteiger partial charge in [-0.15, -0.1) is 0 Å². The normalized spacial score (nSPS) is 15.9. The van der Waals surface area contributed by atoms with Gasteiger partial charge in [-0.3, -0.25) is 33.4 Å². The van der Waals surface area contributed by atoms with Crippen molar-refractivity contribution in [3.63, 3.8) is 0 Å². The van der Waals surface area contributed by atoms with Gasteiger partial charge in [-0.2, -0.15) is 0 Å². The molecule has 0 aliphatic carbocycles. The number of nitrogens with one attached hydrogen (secondary N) is 2. The number of benzene rings is 3. The summed E-state index contributed by atoms with van der Waals surface area (Å²) in [4.78, 5) is 69.1. The lowest BCUT2D eigenvalue weighted by Crippen LogP contribution is -2.36. The Hall–Kier alpha value is -3.62. The minimum Gasteiger partial charge on any atom is -0.507 e. The molecule has 2 amide bonds. The Kier molecular flexibility index (Phi) is 14.6. The number of carbonyl (C=O) groups is 2. The maximum Gasteiger partial charge on any atom is 0.344 e. The Morgan fingerprint density at radius 3 is 1.40 bits per heavy atom. The second kappa shape index (κ2) is 18.4. The summed E-state index contributed by atoms with van der Waals surface area (Å²) in [5.41, 5.74) is 3.48. The van der Waals surface area contributed by atoms with E-state index in [2.05, 4.69) is 37.5 Å². The topological polar surface area (TPSA) is 223 Å². The van der Waals surface area contributed by atoms with Crippen molar-refractivity contribution in [3.8, 4) is 11.5 Å². The van der Waals surface area contributed by atoms with Gasteiger partial charge >= 0.3 is 15.2 Å². The lowest BCUT2D eigenvalue weighted by molar-refractivity contribution is 0.0946. The number of aromatic hydroxyl groups is 2. The molecule has 1 heterocycles. The first kappa shape index (κ1) is 41.1. The standard InChI is InChI=1S/C35H49N5O10P2/c1-25-16-28(32(41)30(18-25)34(43)36-23-51(45,46)47)21-38-10-6-12-39(20-27-8-4-3-5-9-27)14-15-40(13-7-11-38)22-29-17-26(2)19-31(33(29)42)35(44)37-24-52(48,49)50/h3-5,8-9,16-19,41-42H,6-7,10-15,20-24H2,1-2H3,(H,36,43)(H,37,44)(H2,45,46,47)(H2,48,49,50). The van der Waals surface area contributed by atoms with Crippen molar-refractivity contribution in [2.45, 2.75) is 46.3 Å². The molecule has 17 heteroatoms. The highest BCUT2D eigenvalue weighted by Crippen LogP contribution is 2.34. The van der Waals surface area contributed by atoms with Crippen molar-refractivity contribution >= 4 is 27.0 Å². The molecule has 52 heavy (non-hydrogen) atoms. The summed E-state index contributed by atoms with van der Waals surface area (Å²) in [6.07, 6.45) is -0.161. The summed E-state index contributed by atoms with van der Waals surface area (Å²) in [6.45, 7) is 9.04. The summed E-state index contributed by atoms with van der Waals surface area (Å²) < 4.78 is 22.6. The summed E-state index contributed by atoms with van der Waals surface area (Å²) in [6, 6.07) is 16.7. The van der Waals surface area contributed by atoms with Gasteiger partial charge in [0.05, 0.1) is 11.1 Å². The van der Waals surface area contributed by atoms with Crippen molar-refractivity contribution in [3.05, 3.63) is 93.5 Å². The maximum absolute atomic E-state index is 12.8. The Balaban J connectivity index is 1.56. The summed E-state index contributed by atoms with van der Waals surface area (Å²) in [5, 5.41) is 26.7. The number of phenolic OH excluding ortho intramolecular Hbond substituents is 2. The van der Waals surface area contributed by atoms with Crippen molar-refractivity contribution in [2.24, 2.45) is 0 Å². The van der Waals surface area contributed by atoms with E-state index in [1.54, 1.807) is 26.0 Å². The van der Waals surface area contributed by atoms with Crippen molar-refractivity contribution in [2.75, 3.05) is 51.8 Å². The molecule has 3 aromatic carbocycles. The molecular weight excluding hydrogens is 712 g/mol. The quantitative estimate of drug-likeness (QED) is 0.125. The van der Waals surface area contributed by atoms with Gasteiger partial charge in [-0.25, -0.2) is 0 Å². The second-order valence-corrected chi connectivity index (χ2v) is 16.6.